The van der Waals surface area contributed by atoms with E-state index in [0.29, 0.717) is 116 Å². The van der Waals surface area contributed by atoms with Crippen molar-refractivity contribution < 1.29 is 46.9 Å². The summed E-state index contributed by atoms with van der Waals surface area (Å²) < 4.78 is 57.8. The molecule has 3 amide bonds. The van der Waals surface area contributed by atoms with Gasteiger partial charge in [-0.15, -0.1) is 0 Å². The van der Waals surface area contributed by atoms with Gasteiger partial charge in [0.05, 0.1) is 57.7 Å². The number of aromatic nitrogens is 2. The van der Waals surface area contributed by atoms with Gasteiger partial charge in [0.2, 0.25) is 11.7 Å². The van der Waals surface area contributed by atoms with Crippen LogP contribution in [0.3, 0.4) is 0 Å². The highest BCUT2D eigenvalue weighted by molar-refractivity contribution is 5.85. The van der Waals surface area contributed by atoms with Crippen LogP contribution in [0.1, 0.15) is 55.5 Å². The molecule has 2 fully saturated rings. The first-order valence-corrected chi connectivity index (χ1v) is 18.2. The molecule has 1 aromatic heterocycles. The highest BCUT2D eigenvalue weighted by atomic mass is 19.4. The number of anilines is 2. The van der Waals surface area contributed by atoms with E-state index in [9.17, 15) is 27.6 Å². The van der Waals surface area contributed by atoms with Crippen LogP contribution in [0, 0.1) is 17.2 Å². The number of carboxylic acid groups (broad SMARTS) is 1. The molecule has 0 spiro atoms. The van der Waals surface area contributed by atoms with Crippen molar-refractivity contribution in [2.45, 2.75) is 57.2 Å². The maximum absolute atomic E-state index is 14.0. The van der Waals surface area contributed by atoms with Gasteiger partial charge in [0, 0.05) is 45.3 Å². The lowest BCUT2D eigenvalue weighted by atomic mass is 9.93. The Bertz CT molecular complexity index is 1540. The van der Waals surface area contributed by atoms with E-state index in [-0.39, 0.29) is 42.5 Å². The van der Waals surface area contributed by atoms with E-state index in [1.807, 2.05) is 17.0 Å². The second kappa shape index (κ2) is 21.8. The first-order valence-electron chi connectivity index (χ1n) is 18.2. The number of halogens is 3. The van der Waals surface area contributed by atoms with Crippen LogP contribution >= 0.6 is 0 Å². The van der Waals surface area contributed by atoms with Crippen molar-refractivity contribution in [3.05, 3.63) is 47.3 Å². The first kappa shape index (κ1) is 42.0. The van der Waals surface area contributed by atoms with Crippen molar-refractivity contribution in [3.63, 3.8) is 0 Å². The van der Waals surface area contributed by atoms with E-state index in [4.69, 9.17) is 24.6 Å². The number of hydrogen-bond acceptors (Lipinski definition) is 11. The number of amides is 3. The van der Waals surface area contributed by atoms with Crippen LogP contribution < -0.4 is 25.8 Å². The lowest BCUT2D eigenvalue weighted by Gasteiger charge is -2.34. The Kier molecular flexibility index (Phi) is 17.0. The molecule has 2 saturated heterocycles. The number of urea groups is 1. The molecule has 2 aliphatic rings. The summed E-state index contributed by atoms with van der Waals surface area (Å²) in [5.41, 5.74) is 1.50. The molecule has 0 unspecified atom stereocenters. The van der Waals surface area contributed by atoms with E-state index in [2.05, 4.69) is 32.0 Å². The molecule has 15 nitrogen and oxygen atoms in total. The van der Waals surface area contributed by atoms with Crippen molar-refractivity contribution in [2.24, 2.45) is 5.92 Å². The van der Waals surface area contributed by atoms with Crippen molar-refractivity contribution in [3.8, 4) is 6.07 Å². The number of carboxylic acids is 1. The summed E-state index contributed by atoms with van der Waals surface area (Å²) in [4.78, 5) is 47.0. The van der Waals surface area contributed by atoms with Crippen molar-refractivity contribution >= 4 is 29.5 Å². The quantitative estimate of drug-likeness (QED) is 0.136. The smallest absolute Gasteiger partial charge is 0.451 e. The zero-order valence-corrected chi connectivity index (χ0v) is 30.2. The number of alkyl halides is 3. The van der Waals surface area contributed by atoms with Gasteiger partial charge in [-0.1, -0.05) is 12.1 Å². The summed E-state index contributed by atoms with van der Waals surface area (Å²) in [6.07, 6.45) is -1.02. The van der Waals surface area contributed by atoms with Crippen LogP contribution in [-0.2, 0) is 36.4 Å². The Labute approximate surface area is 312 Å². The molecule has 0 saturated carbocycles. The second-order valence-electron chi connectivity index (χ2n) is 13.0. The summed E-state index contributed by atoms with van der Waals surface area (Å²) in [5, 5.41) is 26.0. The van der Waals surface area contributed by atoms with Crippen molar-refractivity contribution in [1.82, 2.24) is 25.9 Å². The average molecular weight is 763 g/mol. The number of nitrogens with one attached hydrogen (secondary N) is 3. The zero-order valence-electron chi connectivity index (χ0n) is 30.2. The van der Waals surface area contributed by atoms with E-state index in [1.54, 1.807) is 23.1 Å². The van der Waals surface area contributed by atoms with E-state index < -0.39 is 24.0 Å². The topological polar surface area (TPSA) is 191 Å². The fourth-order valence-corrected chi connectivity index (χ4v) is 6.21. The predicted molar refractivity (Wildman–Crippen MR) is 191 cm³/mol. The number of rotatable bonds is 21. The van der Waals surface area contributed by atoms with E-state index in [1.165, 1.54) is 0 Å². The van der Waals surface area contributed by atoms with Crippen LogP contribution in [0.5, 0.6) is 0 Å². The minimum atomic E-state index is -4.77. The summed E-state index contributed by atoms with van der Waals surface area (Å²) >= 11 is 0. The molecule has 1 atom stereocenters. The van der Waals surface area contributed by atoms with Crippen LogP contribution in [-0.4, -0.2) is 118 Å². The van der Waals surface area contributed by atoms with Gasteiger partial charge < -0.3 is 45.1 Å². The number of carbonyl (C=O) groups excluding carboxylic acids is 2. The fraction of sp³-hybridized carbons (Fsp3) is 0.611. The molecule has 296 valence electrons. The van der Waals surface area contributed by atoms with Gasteiger partial charge in [-0.2, -0.15) is 18.4 Å². The number of hydrogen-bond donors (Lipinski definition) is 4. The normalized spacial score (nSPS) is 16.2. The van der Waals surface area contributed by atoms with Crippen molar-refractivity contribution in [1.29, 1.82) is 5.26 Å². The second-order valence-corrected chi connectivity index (χ2v) is 13.0. The summed E-state index contributed by atoms with van der Waals surface area (Å²) in [6.45, 7) is 4.22. The predicted octanol–water partition coefficient (Wildman–Crippen LogP) is 3.12. The molecule has 0 radical (unpaired) electrons. The molecular formula is C36H49F3N8O7. The molecule has 0 bridgehead atoms. The number of benzene rings is 1. The maximum Gasteiger partial charge on any atom is 0.451 e. The van der Waals surface area contributed by atoms with Gasteiger partial charge in [0.15, 0.2) is 0 Å². The Hall–Kier alpha value is -4.73. The number of carbonyl (C=O) groups is 3. The standard InChI is InChI=1S/C36H49F3N8O7/c37-36(38,39)34-44-30(24-31(45-34)47-15-1-2-29(47)33(50)41-12-7-26-3-5-28(25-40)6-4-26)46-16-9-27(10-17-46)8-13-42-35(51)43-14-19-53-21-23-54-22-20-52-18-11-32(48)49/h3-6,24,27,29H,1-2,7-23H2,(H,41,50)(H,48,49)(H2,42,43,51)/t29-/m0/s1. The highest BCUT2D eigenvalue weighted by Gasteiger charge is 2.39. The van der Waals surface area contributed by atoms with Gasteiger partial charge in [-0.05, 0) is 62.1 Å². The lowest BCUT2D eigenvalue weighted by molar-refractivity contribution is -0.144. The molecule has 2 aromatic rings. The lowest BCUT2D eigenvalue weighted by Crippen LogP contribution is -2.44. The average Bonchev–Trinajstić information content (AvgIpc) is 3.66. The number of piperidine rings is 1. The zero-order chi connectivity index (χ0) is 38.8. The number of aliphatic carboxylic acids is 1. The molecule has 54 heavy (non-hydrogen) atoms. The van der Waals surface area contributed by atoms with E-state index >= 15 is 0 Å². The third-order valence-corrected chi connectivity index (χ3v) is 9.11. The molecule has 1 aromatic carbocycles. The molecule has 3 heterocycles. The summed E-state index contributed by atoms with van der Waals surface area (Å²) in [5.74, 6) is -1.91. The van der Waals surface area contributed by atoms with Gasteiger partial charge in [-0.3, -0.25) is 9.59 Å². The summed E-state index contributed by atoms with van der Waals surface area (Å²) in [6, 6.07) is 9.69. The fourth-order valence-electron chi connectivity index (χ4n) is 6.21. The van der Waals surface area contributed by atoms with Gasteiger partial charge >= 0.3 is 18.2 Å². The van der Waals surface area contributed by atoms with Crippen LogP contribution in [0.2, 0.25) is 0 Å². The third kappa shape index (κ3) is 14.3. The monoisotopic (exact) mass is 762 g/mol. The number of nitrogens with zero attached hydrogens (tertiary/aromatic N) is 5. The molecule has 4 rings (SSSR count). The minimum absolute atomic E-state index is 0.0522. The Morgan fingerprint density at radius 1 is 0.852 bits per heavy atom. The molecule has 0 aliphatic carbocycles. The minimum Gasteiger partial charge on any atom is -0.481 e. The Morgan fingerprint density at radius 2 is 1.50 bits per heavy atom. The van der Waals surface area contributed by atoms with Crippen LogP contribution in [0.15, 0.2) is 30.3 Å². The molecular weight excluding hydrogens is 713 g/mol. The first-order chi connectivity index (χ1) is 26.0. The summed E-state index contributed by atoms with van der Waals surface area (Å²) in [7, 11) is 0. The molecule has 4 N–H and O–H groups in total. The van der Waals surface area contributed by atoms with Crippen LogP contribution in [0.25, 0.3) is 0 Å². The Balaban J connectivity index is 1.16. The van der Waals surface area contributed by atoms with Gasteiger partial charge in [0.25, 0.3) is 0 Å². The van der Waals surface area contributed by atoms with Crippen LogP contribution in [0.4, 0.5) is 29.6 Å². The SMILES string of the molecule is N#Cc1ccc(CCNC(=O)[C@@H]2CCCN2c2cc(N3CCC(CCNC(=O)NCCOCCOCCOCCC(=O)O)CC3)nc(C(F)(F)F)n2)cc1. The number of nitriles is 1. The third-order valence-electron chi connectivity index (χ3n) is 9.11. The molecule has 2 aliphatic heterocycles. The number of ether oxygens (including phenoxy) is 3. The van der Waals surface area contributed by atoms with E-state index in [0.717, 1.165) is 5.56 Å². The van der Waals surface area contributed by atoms with Gasteiger partial charge in [0.1, 0.15) is 17.7 Å². The van der Waals surface area contributed by atoms with Crippen molar-refractivity contribution in [2.75, 3.05) is 88.7 Å². The maximum atomic E-state index is 14.0. The Morgan fingerprint density at radius 3 is 2.17 bits per heavy atom. The van der Waals surface area contributed by atoms with Gasteiger partial charge in [-0.25, -0.2) is 14.8 Å². The highest BCUT2D eigenvalue weighted by Crippen LogP contribution is 2.34. The molecule has 18 heteroatoms. The largest absolute Gasteiger partial charge is 0.481 e.